The van der Waals surface area contributed by atoms with Crippen molar-refractivity contribution in [2.45, 2.75) is 83.5 Å². The van der Waals surface area contributed by atoms with Crippen LogP contribution in [0.25, 0.3) is 0 Å². The van der Waals surface area contributed by atoms with Gasteiger partial charge in [0, 0.05) is 38.2 Å². The first-order valence-corrected chi connectivity index (χ1v) is 14.8. The van der Waals surface area contributed by atoms with E-state index in [9.17, 15) is 27.9 Å². The number of aromatic carboxylic acids is 1. The molecule has 242 valence electrons. The van der Waals surface area contributed by atoms with Gasteiger partial charge in [-0.15, -0.1) is 0 Å². The number of nitrogens with zero attached hydrogens (tertiary/aromatic N) is 3. The summed E-state index contributed by atoms with van der Waals surface area (Å²) in [6, 6.07) is 3.75. The Balaban J connectivity index is 1.81. The van der Waals surface area contributed by atoms with Crippen LogP contribution in [0.2, 0.25) is 0 Å². The Kier molecular flexibility index (Phi) is 9.94. The molecule has 2 aromatic carbocycles. The molecule has 12 heteroatoms. The molecule has 3 atom stereocenters. The Hall–Kier alpha value is -3.25. The van der Waals surface area contributed by atoms with Gasteiger partial charge in [-0.25, -0.2) is 27.2 Å². The molecule has 0 radical (unpaired) electrons. The van der Waals surface area contributed by atoms with Crippen LogP contribution in [-0.4, -0.2) is 83.4 Å². The maximum Gasteiger partial charge on any atom is 0.415 e. The van der Waals surface area contributed by atoms with Crippen LogP contribution in [0.3, 0.4) is 0 Å². The van der Waals surface area contributed by atoms with E-state index in [1.807, 2.05) is 4.90 Å². The van der Waals surface area contributed by atoms with Crippen molar-refractivity contribution in [3.8, 4) is 0 Å². The number of alkyl halides is 3. The summed E-state index contributed by atoms with van der Waals surface area (Å²) in [7, 11) is 0. The van der Waals surface area contributed by atoms with Crippen molar-refractivity contribution >= 4 is 17.7 Å². The summed E-state index contributed by atoms with van der Waals surface area (Å²) < 4.78 is 79.7. The number of carboxylic acid groups (broad SMARTS) is 1. The van der Waals surface area contributed by atoms with Crippen molar-refractivity contribution in [1.29, 1.82) is 0 Å². The minimum Gasteiger partial charge on any atom is -0.478 e. The molecular formula is C32H40F5N3O4. The van der Waals surface area contributed by atoms with Gasteiger partial charge in [-0.2, -0.15) is 0 Å². The number of halogens is 5. The molecule has 2 aromatic rings. The normalized spacial score (nSPS) is 21.3. The van der Waals surface area contributed by atoms with Crippen molar-refractivity contribution in [3.05, 3.63) is 64.2 Å². The second kappa shape index (κ2) is 13.0. The Morgan fingerprint density at radius 1 is 1.09 bits per heavy atom. The fourth-order valence-electron chi connectivity index (χ4n) is 6.20. The van der Waals surface area contributed by atoms with Crippen LogP contribution >= 0.6 is 0 Å². The minimum absolute atomic E-state index is 0.0228. The highest BCUT2D eigenvalue weighted by Crippen LogP contribution is 2.43. The average molecular weight is 626 g/mol. The molecule has 1 amide bonds. The predicted octanol–water partition coefficient (Wildman–Crippen LogP) is 6.83. The second-order valence-corrected chi connectivity index (χ2v) is 12.9. The van der Waals surface area contributed by atoms with E-state index >= 15 is 8.78 Å². The minimum atomic E-state index is -3.19. The molecule has 0 aliphatic carbocycles. The lowest BCUT2D eigenvalue weighted by molar-refractivity contribution is -0.0371. The number of anilines is 1. The molecule has 0 aromatic heterocycles. The summed E-state index contributed by atoms with van der Waals surface area (Å²) in [5.74, 6) is -6.46. The zero-order chi connectivity index (χ0) is 32.6. The zero-order valence-electron chi connectivity index (χ0n) is 25.7. The summed E-state index contributed by atoms with van der Waals surface area (Å²) in [6.45, 7) is 7.49. The van der Waals surface area contributed by atoms with Crippen LogP contribution < -0.4 is 4.90 Å². The molecule has 1 N–H and O–H groups in total. The van der Waals surface area contributed by atoms with Crippen LogP contribution in [0.15, 0.2) is 30.3 Å². The van der Waals surface area contributed by atoms with Gasteiger partial charge >= 0.3 is 12.1 Å². The molecular weight excluding hydrogens is 585 g/mol. The molecule has 1 saturated heterocycles. The van der Waals surface area contributed by atoms with Crippen molar-refractivity contribution < 1.29 is 41.4 Å². The third-order valence-corrected chi connectivity index (χ3v) is 7.98. The molecule has 7 nitrogen and oxygen atoms in total. The smallest absolute Gasteiger partial charge is 0.415 e. The molecule has 0 saturated carbocycles. The first-order valence-electron chi connectivity index (χ1n) is 14.8. The van der Waals surface area contributed by atoms with Gasteiger partial charge in [-0.1, -0.05) is 6.07 Å². The molecule has 4 rings (SSSR count). The first kappa shape index (κ1) is 33.6. The van der Waals surface area contributed by atoms with Crippen LogP contribution in [0.1, 0.15) is 80.6 Å². The van der Waals surface area contributed by atoms with Crippen molar-refractivity contribution in [3.63, 3.8) is 0 Å². The van der Waals surface area contributed by atoms with E-state index in [1.165, 1.54) is 28.0 Å². The number of benzene rings is 2. The number of hydrogen-bond acceptors (Lipinski definition) is 5. The van der Waals surface area contributed by atoms with Gasteiger partial charge in [-0.05, 0) is 82.3 Å². The third kappa shape index (κ3) is 7.69. The van der Waals surface area contributed by atoms with Crippen LogP contribution in [0, 0.1) is 11.6 Å². The number of carbonyl (C=O) groups is 2. The van der Waals surface area contributed by atoms with Crippen molar-refractivity contribution in [1.82, 2.24) is 9.80 Å². The van der Waals surface area contributed by atoms with Gasteiger partial charge in [0.05, 0.1) is 36.6 Å². The highest BCUT2D eigenvalue weighted by molar-refractivity contribution is 5.89. The number of amides is 1. The fourth-order valence-corrected chi connectivity index (χ4v) is 6.20. The summed E-state index contributed by atoms with van der Waals surface area (Å²) >= 11 is 0. The third-order valence-electron chi connectivity index (χ3n) is 7.98. The van der Waals surface area contributed by atoms with Crippen molar-refractivity contribution in [2.75, 3.05) is 37.8 Å². The monoisotopic (exact) mass is 625 g/mol. The first-order chi connectivity index (χ1) is 20.5. The molecule has 1 unspecified atom stereocenters. The fraction of sp³-hybridized carbons (Fsp3) is 0.562. The Morgan fingerprint density at radius 3 is 2.32 bits per heavy atom. The molecule has 44 heavy (non-hydrogen) atoms. The number of carbonyl (C=O) groups excluding carboxylic acids is 1. The van der Waals surface area contributed by atoms with E-state index in [-0.39, 0.29) is 17.7 Å². The number of likely N-dealkylation sites (tertiary alicyclic amines) is 1. The summed E-state index contributed by atoms with van der Waals surface area (Å²) in [5.41, 5.74) is -0.670. The quantitative estimate of drug-likeness (QED) is 0.308. The average Bonchev–Trinajstić information content (AvgIpc) is 3.34. The van der Waals surface area contributed by atoms with Gasteiger partial charge in [0.2, 0.25) is 0 Å². The Morgan fingerprint density at radius 2 is 1.75 bits per heavy atom. The molecule has 0 bridgehead atoms. The van der Waals surface area contributed by atoms with E-state index in [2.05, 4.69) is 0 Å². The van der Waals surface area contributed by atoms with Gasteiger partial charge in [-0.3, -0.25) is 14.2 Å². The van der Waals surface area contributed by atoms with Gasteiger partial charge in [0.25, 0.3) is 5.92 Å². The molecule has 2 aliphatic rings. The van der Waals surface area contributed by atoms with Crippen LogP contribution in [0.5, 0.6) is 0 Å². The Bertz CT molecular complexity index is 1350. The zero-order valence-corrected chi connectivity index (χ0v) is 25.7. The topological polar surface area (TPSA) is 73.3 Å². The second-order valence-electron chi connectivity index (χ2n) is 12.9. The van der Waals surface area contributed by atoms with Crippen LogP contribution in [-0.2, 0) is 11.2 Å². The standard InChI is InChI=1S/C32H40F5N3O4/c1-19-13-21-14-20(29(41)42)7-8-24(21)28(39(19)18-32(5,36)37)27-25(34)15-23(16-26(27)35)40(30(43)44-31(2,3)4)22-9-12-38(17-22)11-6-10-33/h7-8,14-16,19,22,28H,6,9-13,17-18H2,1-5H3,(H,41,42)/t19-,22?,28+/m1/s1. The Labute approximate surface area is 254 Å². The lowest BCUT2D eigenvalue weighted by atomic mass is 9.83. The van der Waals surface area contributed by atoms with Gasteiger partial charge < -0.3 is 14.7 Å². The lowest BCUT2D eigenvalue weighted by Crippen LogP contribution is -2.48. The van der Waals surface area contributed by atoms with Crippen molar-refractivity contribution in [2.24, 2.45) is 0 Å². The predicted molar refractivity (Wildman–Crippen MR) is 156 cm³/mol. The number of ether oxygens (including phenoxy) is 1. The highest BCUT2D eigenvalue weighted by atomic mass is 19.3. The van der Waals surface area contributed by atoms with Crippen LogP contribution in [0.4, 0.5) is 32.4 Å². The molecule has 0 spiro atoms. The van der Waals surface area contributed by atoms with E-state index < -0.39 is 72.1 Å². The molecule has 1 fully saturated rings. The SMILES string of the molecule is C[C@@H]1Cc2cc(C(=O)O)ccc2[C@@H](c2c(F)cc(N(C(=O)OC(C)(C)C)C3CCN(CCCF)C3)cc2F)N1CC(C)(F)F. The van der Waals surface area contributed by atoms with Gasteiger partial charge in [0.15, 0.2) is 0 Å². The number of carboxylic acids is 1. The summed E-state index contributed by atoms with van der Waals surface area (Å²) in [4.78, 5) is 29.5. The van der Waals surface area contributed by atoms with E-state index in [0.717, 1.165) is 19.1 Å². The van der Waals surface area contributed by atoms with Gasteiger partial charge in [0.1, 0.15) is 17.2 Å². The maximum absolute atomic E-state index is 16.2. The lowest BCUT2D eigenvalue weighted by Gasteiger charge is -2.43. The number of fused-ring (bicyclic) bond motifs is 1. The summed E-state index contributed by atoms with van der Waals surface area (Å²) in [5, 5.41) is 9.48. The largest absolute Gasteiger partial charge is 0.478 e. The summed E-state index contributed by atoms with van der Waals surface area (Å²) in [6.07, 6.45) is 0.193. The van der Waals surface area contributed by atoms with E-state index in [0.29, 0.717) is 43.6 Å². The number of hydrogen-bond donors (Lipinski definition) is 1. The maximum atomic E-state index is 16.2. The molecule has 2 heterocycles. The van der Waals surface area contributed by atoms with E-state index in [4.69, 9.17) is 4.74 Å². The number of rotatable bonds is 9. The highest BCUT2D eigenvalue weighted by Gasteiger charge is 2.42. The van der Waals surface area contributed by atoms with E-state index in [1.54, 1.807) is 27.7 Å². The molecule has 2 aliphatic heterocycles.